The number of halogens is 1. The minimum atomic E-state index is 0.0574. The summed E-state index contributed by atoms with van der Waals surface area (Å²) in [5.74, 6) is 0.538. The maximum Gasteiger partial charge on any atom is 0.224 e. The van der Waals surface area contributed by atoms with Gasteiger partial charge in [-0.15, -0.1) is 0 Å². The van der Waals surface area contributed by atoms with Gasteiger partial charge in [0.05, 0.1) is 5.92 Å². The lowest BCUT2D eigenvalue weighted by atomic mass is 10.1. The summed E-state index contributed by atoms with van der Waals surface area (Å²) in [7, 11) is 0. The Morgan fingerprint density at radius 1 is 1.35 bits per heavy atom. The Morgan fingerprint density at radius 2 is 2.00 bits per heavy atom. The number of hydrogen-bond donors (Lipinski definition) is 1. The van der Waals surface area contributed by atoms with Crippen LogP contribution in [0.5, 0.6) is 0 Å². The first kappa shape index (κ1) is 15.1. The summed E-state index contributed by atoms with van der Waals surface area (Å²) in [4.78, 5) is 12.3. The first-order valence-corrected chi connectivity index (χ1v) is 7.38. The van der Waals surface area contributed by atoms with Gasteiger partial charge in [-0.05, 0) is 36.8 Å². The first-order valence-electron chi connectivity index (χ1n) is 7.00. The normalized spacial score (nSPS) is 23.1. The fourth-order valence-electron chi connectivity index (χ4n) is 2.78. The van der Waals surface area contributed by atoms with Gasteiger partial charge in [-0.2, -0.15) is 0 Å². The minimum absolute atomic E-state index is 0.0574. The fourth-order valence-corrected chi connectivity index (χ4v) is 2.99. The van der Waals surface area contributed by atoms with Gasteiger partial charge in [0.2, 0.25) is 5.91 Å². The predicted octanol–water partition coefficient (Wildman–Crippen LogP) is 4.19. The zero-order chi connectivity index (χ0) is 14.9. The lowest BCUT2D eigenvalue weighted by Crippen LogP contribution is -2.26. The Hall–Kier alpha value is -1.28. The van der Waals surface area contributed by atoms with E-state index in [1.165, 1.54) is 5.57 Å². The van der Waals surface area contributed by atoms with Gasteiger partial charge in [0.1, 0.15) is 0 Å². The summed E-state index contributed by atoms with van der Waals surface area (Å²) in [6.45, 7) is 8.94. The van der Waals surface area contributed by atoms with Gasteiger partial charge in [0, 0.05) is 11.6 Å². The molecule has 0 spiro atoms. The van der Waals surface area contributed by atoms with E-state index >= 15 is 0 Å². The molecule has 0 radical (unpaired) electrons. The Kier molecular flexibility index (Phi) is 4.24. The minimum Gasteiger partial charge on any atom is -0.352 e. The standard InChI is InChI=1S/C17H22ClNO/c1-11(2)9-13-15(17(13,3)4)16(20)19-10-12-7-5-6-8-14(12)18/h5-9,13,15H,10H2,1-4H3,(H,19,20). The Balaban J connectivity index is 1.97. The first-order chi connectivity index (χ1) is 9.34. The summed E-state index contributed by atoms with van der Waals surface area (Å²) < 4.78 is 0. The summed E-state index contributed by atoms with van der Waals surface area (Å²) in [6, 6.07) is 7.60. The van der Waals surface area contributed by atoms with Crippen molar-refractivity contribution in [3.63, 3.8) is 0 Å². The van der Waals surface area contributed by atoms with Crippen LogP contribution < -0.4 is 5.32 Å². The summed E-state index contributed by atoms with van der Waals surface area (Å²) >= 11 is 6.10. The molecule has 3 heteroatoms. The number of carbonyl (C=O) groups is 1. The molecule has 1 aliphatic rings. The van der Waals surface area contributed by atoms with Crippen LogP contribution in [-0.4, -0.2) is 5.91 Å². The van der Waals surface area contributed by atoms with Gasteiger partial charge < -0.3 is 5.32 Å². The smallest absolute Gasteiger partial charge is 0.224 e. The van der Waals surface area contributed by atoms with Crippen molar-refractivity contribution in [2.24, 2.45) is 17.3 Å². The van der Waals surface area contributed by atoms with Crippen LogP contribution in [-0.2, 0) is 11.3 Å². The molecule has 1 aliphatic carbocycles. The quantitative estimate of drug-likeness (QED) is 0.828. The van der Waals surface area contributed by atoms with E-state index in [0.29, 0.717) is 17.5 Å². The molecular formula is C17H22ClNO. The molecule has 2 unspecified atom stereocenters. The summed E-state index contributed by atoms with van der Waals surface area (Å²) in [5, 5.41) is 3.71. The average molecular weight is 292 g/mol. The molecule has 1 amide bonds. The van der Waals surface area contributed by atoms with Crippen molar-refractivity contribution < 1.29 is 4.79 Å². The number of allylic oxidation sites excluding steroid dienone is 2. The van der Waals surface area contributed by atoms with Crippen molar-refractivity contribution in [3.05, 3.63) is 46.5 Å². The van der Waals surface area contributed by atoms with Crippen molar-refractivity contribution in [3.8, 4) is 0 Å². The van der Waals surface area contributed by atoms with Crippen LogP contribution in [0.15, 0.2) is 35.9 Å². The highest BCUT2D eigenvalue weighted by Crippen LogP contribution is 2.59. The number of nitrogens with one attached hydrogen (secondary N) is 1. The summed E-state index contributed by atoms with van der Waals surface area (Å²) in [6.07, 6.45) is 2.21. The number of hydrogen-bond acceptors (Lipinski definition) is 1. The maximum absolute atomic E-state index is 12.3. The van der Waals surface area contributed by atoms with Crippen molar-refractivity contribution in [2.75, 3.05) is 0 Å². The highest BCUT2D eigenvalue weighted by Gasteiger charge is 2.60. The number of rotatable bonds is 4. The third-order valence-electron chi connectivity index (χ3n) is 4.12. The second-order valence-electron chi connectivity index (χ2n) is 6.38. The van der Waals surface area contributed by atoms with E-state index < -0.39 is 0 Å². The second-order valence-corrected chi connectivity index (χ2v) is 6.79. The molecule has 1 fully saturated rings. The third kappa shape index (κ3) is 3.06. The Morgan fingerprint density at radius 3 is 2.60 bits per heavy atom. The average Bonchev–Trinajstić information content (AvgIpc) is 2.88. The molecular weight excluding hydrogens is 270 g/mol. The zero-order valence-corrected chi connectivity index (χ0v) is 13.3. The van der Waals surface area contributed by atoms with Crippen LogP contribution in [0.3, 0.4) is 0 Å². The fraction of sp³-hybridized carbons (Fsp3) is 0.471. The van der Waals surface area contributed by atoms with Crippen molar-refractivity contribution >= 4 is 17.5 Å². The lowest BCUT2D eigenvalue weighted by Gasteiger charge is -2.07. The highest BCUT2D eigenvalue weighted by atomic mass is 35.5. The summed E-state index contributed by atoms with van der Waals surface area (Å²) in [5.41, 5.74) is 2.28. The Bertz CT molecular complexity index is 544. The predicted molar refractivity (Wildman–Crippen MR) is 83.5 cm³/mol. The molecule has 1 aromatic carbocycles. The Labute approximate surface area is 126 Å². The largest absolute Gasteiger partial charge is 0.352 e. The van der Waals surface area contributed by atoms with Gasteiger partial charge in [-0.1, -0.05) is 55.3 Å². The van der Waals surface area contributed by atoms with Gasteiger partial charge in [0.25, 0.3) is 0 Å². The molecule has 0 aliphatic heterocycles. The molecule has 1 aromatic rings. The van der Waals surface area contributed by atoms with E-state index in [-0.39, 0.29) is 17.2 Å². The second kappa shape index (κ2) is 5.61. The monoisotopic (exact) mass is 291 g/mol. The van der Waals surface area contributed by atoms with Gasteiger partial charge >= 0.3 is 0 Å². The SMILES string of the molecule is CC(C)=CC1C(C(=O)NCc2ccccc2Cl)C1(C)C. The third-order valence-corrected chi connectivity index (χ3v) is 4.49. The van der Waals surface area contributed by atoms with E-state index in [9.17, 15) is 4.79 Å². The van der Waals surface area contributed by atoms with E-state index in [0.717, 1.165) is 5.56 Å². The van der Waals surface area contributed by atoms with E-state index in [2.05, 4.69) is 39.1 Å². The molecule has 2 atom stereocenters. The van der Waals surface area contributed by atoms with Crippen molar-refractivity contribution in [1.82, 2.24) is 5.32 Å². The molecule has 0 bridgehead atoms. The van der Waals surface area contributed by atoms with Crippen LogP contribution in [0.25, 0.3) is 0 Å². The van der Waals surface area contributed by atoms with E-state index in [4.69, 9.17) is 11.6 Å². The van der Waals surface area contributed by atoms with Crippen molar-refractivity contribution in [1.29, 1.82) is 0 Å². The van der Waals surface area contributed by atoms with Crippen LogP contribution in [0.1, 0.15) is 33.3 Å². The molecule has 1 N–H and O–H groups in total. The molecule has 2 rings (SSSR count). The van der Waals surface area contributed by atoms with Crippen LogP contribution >= 0.6 is 11.6 Å². The molecule has 0 saturated heterocycles. The van der Waals surface area contributed by atoms with E-state index in [1.807, 2.05) is 24.3 Å². The maximum atomic E-state index is 12.3. The zero-order valence-electron chi connectivity index (χ0n) is 12.5. The van der Waals surface area contributed by atoms with E-state index in [1.54, 1.807) is 0 Å². The van der Waals surface area contributed by atoms with Crippen LogP contribution in [0, 0.1) is 17.3 Å². The molecule has 1 saturated carbocycles. The number of benzene rings is 1. The van der Waals surface area contributed by atoms with Gasteiger partial charge in [-0.3, -0.25) is 4.79 Å². The molecule has 20 heavy (non-hydrogen) atoms. The molecule has 2 nitrogen and oxygen atoms in total. The van der Waals surface area contributed by atoms with Gasteiger partial charge in [-0.25, -0.2) is 0 Å². The molecule has 0 aromatic heterocycles. The van der Waals surface area contributed by atoms with Gasteiger partial charge in [0.15, 0.2) is 0 Å². The number of amides is 1. The molecule has 0 heterocycles. The number of carbonyl (C=O) groups excluding carboxylic acids is 1. The highest BCUT2D eigenvalue weighted by molar-refractivity contribution is 6.31. The molecule has 108 valence electrons. The van der Waals surface area contributed by atoms with Crippen LogP contribution in [0.4, 0.5) is 0 Å². The van der Waals surface area contributed by atoms with Crippen LogP contribution in [0.2, 0.25) is 5.02 Å². The lowest BCUT2D eigenvalue weighted by molar-refractivity contribution is -0.123. The topological polar surface area (TPSA) is 29.1 Å². The van der Waals surface area contributed by atoms with Crippen molar-refractivity contribution in [2.45, 2.75) is 34.2 Å².